The van der Waals surface area contributed by atoms with Gasteiger partial charge in [0.05, 0.1) is 17.7 Å². The molecule has 0 aliphatic carbocycles. The number of anilines is 1. The van der Waals surface area contributed by atoms with Gasteiger partial charge >= 0.3 is 5.97 Å². The van der Waals surface area contributed by atoms with E-state index in [1.54, 1.807) is 6.07 Å². The van der Waals surface area contributed by atoms with Crippen molar-refractivity contribution in [1.29, 1.82) is 5.26 Å². The zero-order chi connectivity index (χ0) is 21.9. The minimum atomic E-state index is -0.720. The fourth-order valence-electron chi connectivity index (χ4n) is 2.56. The lowest BCUT2D eigenvalue weighted by Gasteiger charge is -2.16. The van der Waals surface area contributed by atoms with E-state index in [0.717, 1.165) is 5.56 Å². The molecule has 0 saturated heterocycles. The first-order valence-corrected chi connectivity index (χ1v) is 9.16. The van der Waals surface area contributed by atoms with Crippen LogP contribution in [-0.4, -0.2) is 36.2 Å². The minimum Gasteiger partial charge on any atom is -0.452 e. The average molecular weight is 407 g/mol. The zero-order valence-electron chi connectivity index (χ0n) is 16.4. The number of nitriles is 1. The lowest BCUT2D eigenvalue weighted by molar-refractivity contribution is -0.128. The lowest BCUT2D eigenvalue weighted by Crippen LogP contribution is -2.43. The minimum absolute atomic E-state index is 0.188. The predicted octanol–water partition coefficient (Wildman–Crippen LogP) is 2.01. The monoisotopic (exact) mass is 407 g/mol. The van der Waals surface area contributed by atoms with E-state index in [9.17, 15) is 19.2 Å². The number of Topliss-reactive ketones (excluding diaryl/α,β-unsaturated/α-hetero) is 1. The molecule has 0 aromatic heterocycles. The number of rotatable bonds is 9. The van der Waals surface area contributed by atoms with Gasteiger partial charge < -0.3 is 15.4 Å². The van der Waals surface area contributed by atoms with Crippen molar-refractivity contribution in [2.75, 3.05) is 11.9 Å². The van der Waals surface area contributed by atoms with Gasteiger partial charge in [-0.1, -0.05) is 30.3 Å². The number of ketones is 1. The number of esters is 1. The van der Waals surface area contributed by atoms with Gasteiger partial charge in [0, 0.05) is 5.69 Å². The highest BCUT2D eigenvalue weighted by molar-refractivity contribution is 5.95. The Morgan fingerprint density at radius 2 is 1.67 bits per heavy atom. The van der Waals surface area contributed by atoms with Crippen molar-refractivity contribution < 1.29 is 23.9 Å². The largest absolute Gasteiger partial charge is 0.452 e. The maximum atomic E-state index is 12.1. The smallest absolute Gasteiger partial charge is 0.338 e. The first-order chi connectivity index (χ1) is 14.4. The van der Waals surface area contributed by atoms with Crippen LogP contribution in [0.15, 0.2) is 54.6 Å². The molecule has 0 aliphatic heterocycles. The molecule has 0 unspecified atom stereocenters. The van der Waals surface area contributed by atoms with E-state index in [0.29, 0.717) is 12.1 Å². The Hall–Kier alpha value is -3.99. The van der Waals surface area contributed by atoms with Crippen LogP contribution in [-0.2, 0) is 25.5 Å². The molecule has 154 valence electrons. The van der Waals surface area contributed by atoms with Crippen molar-refractivity contribution in [3.63, 3.8) is 0 Å². The van der Waals surface area contributed by atoms with E-state index >= 15 is 0 Å². The first kappa shape index (κ1) is 22.3. The first-order valence-electron chi connectivity index (χ1n) is 9.16. The number of nitrogens with one attached hydrogen (secondary N) is 2. The third-order valence-electron chi connectivity index (χ3n) is 4.09. The van der Waals surface area contributed by atoms with Crippen LogP contribution in [0, 0.1) is 11.3 Å². The molecule has 2 aromatic rings. The highest BCUT2D eigenvalue weighted by atomic mass is 16.5. The summed E-state index contributed by atoms with van der Waals surface area (Å²) in [5.41, 5.74) is 1.51. The van der Waals surface area contributed by atoms with Crippen LogP contribution in [0.1, 0.15) is 29.3 Å². The van der Waals surface area contributed by atoms with E-state index in [1.807, 2.05) is 30.3 Å². The fourth-order valence-corrected chi connectivity index (χ4v) is 2.56. The number of amides is 2. The van der Waals surface area contributed by atoms with Crippen LogP contribution in [0.4, 0.5) is 5.69 Å². The summed E-state index contributed by atoms with van der Waals surface area (Å²) in [7, 11) is 0. The van der Waals surface area contributed by atoms with E-state index in [-0.39, 0.29) is 17.8 Å². The molecule has 0 spiro atoms. The average Bonchev–Trinajstić information content (AvgIpc) is 2.73. The second kappa shape index (κ2) is 11.1. The Morgan fingerprint density at radius 3 is 2.27 bits per heavy atom. The third-order valence-corrected chi connectivity index (χ3v) is 4.09. The molecule has 0 aliphatic rings. The van der Waals surface area contributed by atoms with Crippen molar-refractivity contribution in [2.24, 2.45) is 0 Å². The number of carbonyl (C=O) groups is 4. The summed E-state index contributed by atoms with van der Waals surface area (Å²) >= 11 is 0. The van der Waals surface area contributed by atoms with Crippen LogP contribution in [0.3, 0.4) is 0 Å². The molecular weight excluding hydrogens is 386 g/mol. The molecule has 0 bridgehead atoms. The third kappa shape index (κ3) is 7.20. The van der Waals surface area contributed by atoms with Gasteiger partial charge in [-0.05, 0) is 43.2 Å². The fraction of sp³-hybridized carbons (Fsp3) is 0.227. The molecule has 8 nitrogen and oxygen atoms in total. The van der Waals surface area contributed by atoms with Crippen molar-refractivity contribution in [3.05, 3.63) is 65.7 Å². The Kier molecular flexibility index (Phi) is 8.27. The Bertz CT molecular complexity index is 949. The maximum Gasteiger partial charge on any atom is 0.338 e. The maximum absolute atomic E-state index is 12.1. The molecule has 1 atom stereocenters. The topological polar surface area (TPSA) is 125 Å². The summed E-state index contributed by atoms with van der Waals surface area (Å²) in [5, 5.41) is 13.5. The molecule has 0 heterocycles. The molecule has 8 heteroatoms. The highest BCUT2D eigenvalue weighted by Crippen LogP contribution is 2.11. The summed E-state index contributed by atoms with van der Waals surface area (Å²) in [6.45, 7) is 0.856. The summed E-state index contributed by atoms with van der Waals surface area (Å²) in [6, 6.07) is 16.1. The molecule has 2 rings (SSSR count). The number of benzene rings is 2. The van der Waals surface area contributed by atoms with E-state index < -0.39 is 30.4 Å². The lowest BCUT2D eigenvalue weighted by atomic mass is 10.0. The molecular formula is C22H21N3O5. The van der Waals surface area contributed by atoms with Gasteiger partial charge in [0.1, 0.15) is 6.42 Å². The molecule has 2 aromatic carbocycles. The van der Waals surface area contributed by atoms with Crippen molar-refractivity contribution >= 4 is 29.3 Å². The molecule has 2 N–H and O–H groups in total. The summed E-state index contributed by atoms with van der Waals surface area (Å²) in [6.07, 6.45) is 0.0687. The van der Waals surface area contributed by atoms with Crippen molar-refractivity contribution in [1.82, 2.24) is 5.32 Å². The second-order valence-electron chi connectivity index (χ2n) is 6.46. The SMILES string of the molecule is CC(=O)[C@H](Cc1ccccc1)NC(=O)COC(=O)c1ccc(NC(=O)CC#N)cc1. The second-order valence-corrected chi connectivity index (χ2v) is 6.46. The highest BCUT2D eigenvalue weighted by Gasteiger charge is 2.19. The Balaban J connectivity index is 1.85. The van der Waals surface area contributed by atoms with Crippen LogP contribution >= 0.6 is 0 Å². The normalized spacial score (nSPS) is 10.9. The number of hydrogen-bond donors (Lipinski definition) is 2. The molecule has 2 amide bonds. The van der Waals surface area contributed by atoms with Crippen LogP contribution in [0.25, 0.3) is 0 Å². The number of nitrogens with zero attached hydrogens (tertiary/aromatic N) is 1. The predicted molar refractivity (Wildman–Crippen MR) is 108 cm³/mol. The number of ether oxygens (including phenoxy) is 1. The van der Waals surface area contributed by atoms with Gasteiger partial charge in [-0.15, -0.1) is 0 Å². The van der Waals surface area contributed by atoms with Crippen molar-refractivity contribution in [2.45, 2.75) is 25.8 Å². The van der Waals surface area contributed by atoms with Crippen molar-refractivity contribution in [3.8, 4) is 6.07 Å². The summed E-state index contributed by atoms with van der Waals surface area (Å²) < 4.78 is 4.99. The van der Waals surface area contributed by atoms with Gasteiger partial charge in [0.15, 0.2) is 12.4 Å². The van der Waals surface area contributed by atoms with Gasteiger partial charge in [-0.25, -0.2) is 4.79 Å². The van der Waals surface area contributed by atoms with Gasteiger partial charge in [-0.3, -0.25) is 14.4 Å². The van der Waals surface area contributed by atoms with Gasteiger partial charge in [-0.2, -0.15) is 5.26 Å². The quantitative estimate of drug-likeness (QED) is 0.613. The molecule has 30 heavy (non-hydrogen) atoms. The van der Waals surface area contributed by atoms with E-state index in [1.165, 1.54) is 31.2 Å². The van der Waals surface area contributed by atoms with Crippen LogP contribution in [0.5, 0.6) is 0 Å². The Morgan fingerprint density at radius 1 is 1.00 bits per heavy atom. The van der Waals surface area contributed by atoms with E-state index in [4.69, 9.17) is 10.00 Å². The number of hydrogen-bond acceptors (Lipinski definition) is 6. The molecule has 0 fully saturated rings. The summed E-state index contributed by atoms with van der Waals surface area (Å²) in [5.74, 6) is -1.96. The Labute approximate surface area is 173 Å². The van der Waals surface area contributed by atoms with E-state index in [2.05, 4.69) is 10.6 Å². The van der Waals surface area contributed by atoms with Crippen LogP contribution in [0.2, 0.25) is 0 Å². The molecule has 0 radical (unpaired) electrons. The standard InChI is InChI=1S/C22H21N3O5/c1-15(26)19(13-16-5-3-2-4-6-16)25-21(28)14-30-22(29)17-7-9-18(10-8-17)24-20(27)11-12-23/h2-10,19H,11,13-14H2,1H3,(H,24,27)(H,25,28)/t19-/m0/s1. The zero-order valence-corrected chi connectivity index (χ0v) is 16.4. The number of carbonyl (C=O) groups excluding carboxylic acids is 4. The molecule has 0 saturated carbocycles. The van der Waals surface area contributed by atoms with Gasteiger partial charge in [0.25, 0.3) is 5.91 Å². The van der Waals surface area contributed by atoms with Crippen LogP contribution < -0.4 is 10.6 Å². The summed E-state index contributed by atoms with van der Waals surface area (Å²) in [4.78, 5) is 47.4. The van der Waals surface area contributed by atoms with Gasteiger partial charge in [0.2, 0.25) is 5.91 Å².